The molecular weight excluding hydrogens is 352 g/mol. The van der Waals surface area contributed by atoms with E-state index in [2.05, 4.69) is 38.8 Å². The molecule has 26 heavy (non-hydrogen) atoms. The van der Waals surface area contributed by atoms with Crippen LogP contribution in [0.1, 0.15) is 12.8 Å². The van der Waals surface area contributed by atoms with E-state index in [0.717, 1.165) is 40.4 Å². The molecule has 0 saturated heterocycles. The van der Waals surface area contributed by atoms with Crippen LogP contribution in [0.15, 0.2) is 48.8 Å². The number of fused-ring (bicyclic) bond motifs is 1. The molecule has 0 radical (unpaired) electrons. The summed E-state index contributed by atoms with van der Waals surface area (Å²) in [5.74, 6) is 1.68. The standard InChI is InChI=1S/C18H17ClN4.CH2O2/c19-17-6-4-15(11-22-17)23-18-16-5-3-14(21-10-12-1-2-12)9-13(16)7-8-20-18;2-1-3/h3-9,11-12,21H,1-2,10H2,(H,20,23);1H,(H,2,3). The lowest BCUT2D eigenvalue weighted by Gasteiger charge is -2.11. The van der Waals surface area contributed by atoms with Crippen LogP contribution < -0.4 is 10.6 Å². The van der Waals surface area contributed by atoms with E-state index in [0.29, 0.717) is 5.15 Å². The van der Waals surface area contributed by atoms with Crippen molar-refractivity contribution in [2.75, 3.05) is 17.2 Å². The molecule has 2 aromatic heterocycles. The van der Waals surface area contributed by atoms with Crippen LogP contribution >= 0.6 is 11.6 Å². The van der Waals surface area contributed by atoms with Crippen LogP contribution in [-0.2, 0) is 4.79 Å². The van der Waals surface area contributed by atoms with Gasteiger partial charge in [0.1, 0.15) is 11.0 Å². The molecule has 4 rings (SSSR count). The summed E-state index contributed by atoms with van der Waals surface area (Å²) in [6.45, 7) is 0.818. The molecule has 3 N–H and O–H groups in total. The highest BCUT2D eigenvalue weighted by Crippen LogP contribution is 2.30. The van der Waals surface area contributed by atoms with Gasteiger partial charge in [0.15, 0.2) is 0 Å². The van der Waals surface area contributed by atoms with E-state index < -0.39 is 0 Å². The monoisotopic (exact) mass is 370 g/mol. The third-order valence-corrected chi connectivity index (χ3v) is 4.27. The Morgan fingerprint density at radius 1 is 1.15 bits per heavy atom. The summed E-state index contributed by atoms with van der Waals surface area (Å²) in [5, 5.41) is 16.4. The molecule has 0 atom stereocenters. The van der Waals surface area contributed by atoms with Crippen molar-refractivity contribution in [2.45, 2.75) is 12.8 Å². The Hall–Kier alpha value is -2.86. The summed E-state index contributed by atoms with van der Waals surface area (Å²) in [7, 11) is 0. The lowest BCUT2D eigenvalue weighted by atomic mass is 10.1. The number of hydrogen-bond acceptors (Lipinski definition) is 5. The van der Waals surface area contributed by atoms with E-state index in [1.807, 2.05) is 18.3 Å². The van der Waals surface area contributed by atoms with Crippen molar-refractivity contribution in [2.24, 2.45) is 5.92 Å². The van der Waals surface area contributed by atoms with E-state index in [-0.39, 0.29) is 6.47 Å². The van der Waals surface area contributed by atoms with Gasteiger partial charge in [-0.1, -0.05) is 11.6 Å². The Balaban J connectivity index is 0.000000613. The van der Waals surface area contributed by atoms with Gasteiger partial charge in [-0.25, -0.2) is 9.97 Å². The first-order valence-corrected chi connectivity index (χ1v) is 8.66. The van der Waals surface area contributed by atoms with Crippen LogP contribution in [0.5, 0.6) is 0 Å². The summed E-state index contributed by atoms with van der Waals surface area (Å²) in [6.07, 6.45) is 6.23. The average molecular weight is 371 g/mol. The Morgan fingerprint density at radius 3 is 2.62 bits per heavy atom. The second kappa shape index (κ2) is 8.49. The second-order valence-corrected chi connectivity index (χ2v) is 6.41. The van der Waals surface area contributed by atoms with Crippen LogP contribution in [0, 0.1) is 5.92 Å². The molecule has 0 aliphatic heterocycles. The fraction of sp³-hybridized carbons (Fsp3) is 0.211. The van der Waals surface area contributed by atoms with Crippen molar-refractivity contribution in [1.82, 2.24) is 9.97 Å². The minimum Gasteiger partial charge on any atom is -0.483 e. The van der Waals surface area contributed by atoms with E-state index in [1.165, 1.54) is 12.8 Å². The smallest absolute Gasteiger partial charge is 0.290 e. The van der Waals surface area contributed by atoms with Gasteiger partial charge >= 0.3 is 0 Å². The van der Waals surface area contributed by atoms with Crippen LogP contribution in [0.3, 0.4) is 0 Å². The number of halogens is 1. The predicted molar refractivity (Wildman–Crippen MR) is 104 cm³/mol. The molecule has 7 heteroatoms. The van der Waals surface area contributed by atoms with Gasteiger partial charge < -0.3 is 15.7 Å². The van der Waals surface area contributed by atoms with Crippen molar-refractivity contribution in [3.05, 3.63) is 53.9 Å². The molecule has 0 amide bonds. The Morgan fingerprint density at radius 2 is 1.92 bits per heavy atom. The highest BCUT2D eigenvalue weighted by Gasteiger charge is 2.20. The molecule has 0 bridgehead atoms. The fourth-order valence-corrected chi connectivity index (χ4v) is 2.67. The van der Waals surface area contributed by atoms with Gasteiger partial charge in [-0.15, -0.1) is 0 Å². The van der Waals surface area contributed by atoms with Gasteiger partial charge in [0.05, 0.1) is 11.9 Å². The Bertz CT molecular complexity index is 882. The van der Waals surface area contributed by atoms with Gasteiger partial charge in [0, 0.05) is 23.8 Å². The number of hydrogen-bond donors (Lipinski definition) is 3. The van der Waals surface area contributed by atoms with E-state index >= 15 is 0 Å². The molecule has 134 valence electrons. The number of rotatable bonds is 5. The van der Waals surface area contributed by atoms with Crippen LogP contribution in [0.4, 0.5) is 17.2 Å². The summed E-state index contributed by atoms with van der Waals surface area (Å²) in [6, 6.07) is 12.1. The average Bonchev–Trinajstić information content (AvgIpc) is 3.47. The maximum Gasteiger partial charge on any atom is 0.290 e. The van der Waals surface area contributed by atoms with Crippen LogP contribution in [-0.4, -0.2) is 28.1 Å². The van der Waals surface area contributed by atoms with Gasteiger partial charge in [-0.05, 0) is 60.5 Å². The lowest BCUT2D eigenvalue weighted by Crippen LogP contribution is -2.03. The van der Waals surface area contributed by atoms with Gasteiger partial charge in [0.25, 0.3) is 6.47 Å². The maximum absolute atomic E-state index is 8.36. The van der Waals surface area contributed by atoms with Crippen LogP contribution in [0.2, 0.25) is 5.15 Å². The van der Waals surface area contributed by atoms with Crippen molar-refractivity contribution in [3.8, 4) is 0 Å². The zero-order chi connectivity index (χ0) is 18.4. The number of aromatic nitrogens is 2. The summed E-state index contributed by atoms with van der Waals surface area (Å²) in [5.41, 5.74) is 2.03. The minimum atomic E-state index is -0.250. The van der Waals surface area contributed by atoms with E-state index in [1.54, 1.807) is 12.3 Å². The largest absolute Gasteiger partial charge is 0.483 e. The molecule has 1 aliphatic rings. The number of carboxylic acid groups (broad SMARTS) is 1. The number of nitrogens with zero attached hydrogens (tertiary/aromatic N) is 2. The number of benzene rings is 1. The molecule has 0 spiro atoms. The molecule has 1 aliphatic carbocycles. The first-order valence-electron chi connectivity index (χ1n) is 8.28. The third kappa shape index (κ3) is 4.83. The quantitative estimate of drug-likeness (QED) is 0.451. The second-order valence-electron chi connectivity index (χ2n) is 6.02. The first kappa shape index (κ1) is 17.9. The minimum absolute atomic E-state index is 0.250. The summed E-state index contributed by atoms with van der Waals surface area (Å²) < 4.78 is 0. The fourth-order valence-electron chi connectivity index (χ4n) is 2.56. The van der Waals surface area contributed by atoms with E-state index in [4.69, 9.17) is 21.5 Å². The van der Waals surface area contributed by atoms with Gasteiger partial charge in [-0.2, -0.15) is 0 Å². The number of nitrogens with one attached hydrogen (secondary N) is 2. The molecule has 1 aromatic carbocycles. The van der Waals surface area contributed by atoms with Crippen molar-refractivity contribution in [1.29, 1.82) is 0 Å². The van der Waals surface area contributed by atoms with Gasteiger partial charge in [-0.3, -0.25) is 4.79 Å². The molecular formula is C19H19ClN4O2. The highest BCUT2D eigenvalue weighted by atomic mass is 35.5. The van der Waals surface area contributed by atoms with Crippen molar-refractivity contribution >= 4 is 46.0 Å². The topological polar surface area (TPSA) is 87.1 Å². The Labute approximate surface area is 156 Å². The zero-order valence-corrected chi connectivity index (χ0v) is 14.8. The highest BCUT2D eigenvalue weighted by molar-refractivity contribution is 6.29. The molecule has 1 saturated carbocycles. The van der Waals surface area contributed by atoms with Crippen molar-refractivity contribution in [3.63, 3.8) is 0 Å². The Kier molecular flexibility index (Phi) is 5.86. The lowest BCUT2D eigenvalue weighted by molar-refractivity contribution is -0.122. The zero-order valence-electron chi connectivity index (χ0n) is 14.0. The van der Waals surface area contributed by atoms with E-state index in [9.17, 15) is 0 Å². The third-order valence-electron chi connectivity index (χ3n) is 4.05. The summed E-state index contributed by atoms with van der Waals surface area (Å²) >= 11 is 5.82. The maximum atomic E-state index is 8.36. The first-order chi connectivity index (χ1) is 12.7. The normalized spacial score (nSPS) is 12.8. The van der Waals surface area contributed by atoms with Crippen molar-refractivity contribution < 1.29 is 9.90 Å². The molecule has 2 heterocycles. The molecule has 1 fully saturated rings. The predicted octanol–water partition coefficient (Wildman–Crippen LogP) is 4.55. The summed E-state index contributed by atoms with van der Waals surface area (Å²) in [4.78, 5) is 16.9. The number of anilines is 3. The van der Waals surface area contributed by atoms with Crippen LogP contribution in [0.25, 0.3) is 10.8 Å². The van der Waals surface area contributed by atoms with Gasteiger partial charge in [0.2, 0.25) is 0 Å². The molecule has 3 aromatic rings. The number of pyridine rings is 2. The molecule has 0 unspecified atom stereocenters. The molecule has 6 nitrogen and oxygen atoms in total. The SMILES string of the molecule is Clc1ccc(Nc2nccc3cc(NCC4CC4)ccc23)cn1.O=CO. The number of carbonyl (C=O) groups is 1.